The van der Waals surface area contributed by atoms with Crippen LogP contribution < -0.4 is 4.74 Å². The van der Waals surface area contributed by atoms with Crippen LogP contribution in [0.2, 0.25) is 0 Å². The number of carbonyl (C=O) groups is 2. The molecular formula is C21H24FNO4. The minimum absolute atomic E-state index is 0.114. The van der Waals surface area contributed by atoms with Crippen molar-refractivity contribution in [2.75, 3.05) is 26.8 Å². The van der Waals surface area contributed by atoms with Gasteiger partial charge in [-0.15, -0.1) is 0 Å². The zero-order valence-corrected chi connectivity index (χ0v) is 15.6. The van der Waals surface area contributed by atoms with Crippen LogP contribution in [0, 0.1) is 5.82 Å². The SMILES string of the molecule is CCOC(=O)CCN(CCc1ccc(OC)cc1)C(=O)c1ccc(F)cc1. The number of benzene rings is 2. The van der Waals surface area contributed by atoms with Gasteiger partial charge in [0.25, 0.3) is 5.91 Å². The molecule has 1 amide bonds. The van der Waals surface area contributed by atoms with E-state index in [1.165, 1.54) is 24.3 Å². The Morgan fingerprint density at radius 2 is 1.67 bits per heavy atom. The molecular weight excluding hydrogens is 349 g/mol. The lowest BCUT2D eigenvalue weighted by Gasteiger charge is -2.22. The first-order valence-electron chi connectivity index (χ1n) is 8.87. The molecule has 0 radical (unpaired) electrons. The van der Waals surface area contributed by atoms with Crippen LogP contribution in [-0.2, 0) is 16.0 Å². The lowest BCUT2D eigenvalue weighted by Crippen LogP contribution is -2.35. The smallest absolute Gasteiger partial charge is 0.307 e. The summed E-state index contributed by atoms with van der Waals surface area (Å²) in [7, 11) is 1.60. The van der Waals surface area contributed by atoms with Crippen LogP contribution in [0.4, 0.5) is 4.39 Å². The highest BCUT2D eigenvalue weighted by atomic mass is 19.1. The number of rotatable bonds is 9. The molecule has 0 aliphatic rings. The van der Waals surface area contributed by atoms with Crippen molar-refractivity contribution in [3.05, 3.63) is 65.5 Å². The van der Waals surface area contributed by atoms with Gasteiger partial charge in [0.05, 0.1) is 20.1 Å². The highest BCUT2D eigenvalue weighted by Gasteiger charge is 2.17. The zero-order valence-electron chi connectivity index (χ0n) is 15.6. The lowest BCUT2D eigenvalue weighted by molar-refractivity contribution is -0.143. The van der Waals surface area contributed by atoms with Gasteiger partial charge in [-0.1, -0.05) is 12.1 Å². The van der Waals surface area contributed by atoms with E-state index in [1.54, 1.807) is 18.9 Å². The van der Waals surface area contributed by atoms with E-state index in [9.17, 15) is 14.0 Å². The van der Waals surface area contributed by atoms with Crippen LogP contribution in [0.1, 0.15) is 29.3 Å². The van der Waals surface area contributed by atoms with Crippen molar-refractivity contribution in [1.82, 2.24) is 4.90 Å². The minimum atomic E-state index is -0.400. The van der Waals surface area contributed by atoms with E-state index in [1.807, 2.05) is 24.3 Å². The summed E-state index contributed by atoms with van der Waals surface area (Å²) in [5.41, 5.74) is 1.43. The molecule has 0 fully saturated rings. The average Bonchev–Trinajstić information content (AvgIpc) is 2.69. The highest BCUT2D eigenvalue weighted by molar-refractivity contribution is 5.94. The van der Waals surface area contributed by atoms with E-state index >= 15 is 0 Å². The normalized spacial score (nSPS) is 10.3. The highest BCUT2D eigenvalue weighted by Crippen LogP contribution is 2.13. The monoisotopic (exact) mass is 373 g/mol. The molecule has 27 heavy (non-hydrogen) atoms. The topological polar surface area (TPSA) is 55.8 Å². The Labute approximate surface area is 158 Å². The number of esters is 1. The molecule has 0 saturated heterocycles. The predicted octanol–water partition coefficient (Wildman–Crippen LogP) is 3.47. The van der Waals surface area contributed by atoms with Gasteiger partial charge in [0.1, 0.15) is 11.6 Å². The number of hydrogen-bond donors (Lipinski definition) is 0. The van der Waals surface area contributed by atoms with Crippen LogP contribution in [0.15, 0.2) is 48.5 Å². The van der Waals surface area contributed by atoms with Crippen LogP contribution in [0.3, 0.4) is 0 Å². The summed E-state index contributed by atoms with van der Waals surface area (Å²) in [6.45, 7) is 2.72. The van der Waals surface area contributed by atoms with Gasteiger partial charge >= 0.3 is 5.97 Å². The van der Waals surface area contributed by atoms with Crippen molar-refractivity contribution in [2.45, 2.75) is 19.8 Å². The quantitative estimate of drug-likeness (QED) is 0.632. The molecule has 0 aliphatic heterocycles. The van der Waals surface area contributed by atoms with Gasteiger partial charge in [-0.25, -0.2) is 4.39 Å². The summed E-state index contributed by atoms with van der Waals surface area (Å²) in [5, 5.41) is 0. The van der Waals surface area contributed by atoms with Gasteiger partial charge in [0.15, 0.2) is 0 Å². The number of carbonyl (C=O) groups excluding carboxylic acids is 2. The Morgan fingerprint density at radius 1 is 1.00 bits per heavy atom. The third kappa shape index (κ3) is 6.40. The van der Waals surface area contributed by atoms with E-state index in [0.717, 1.165) is 11.3 Å². The Balaban J connectivity index is 2.06. The fraction of sp³-hybridized carbons (Fsp3) is 0.333. The Bertz CT molecular complexity index is 744. The molecule has 2 aromatic carbocycles. The minimum Gasteiger partial charge on any atom is -0.497 e. The van der Waals surface area contributed by atoms with E-state index in [2.05, 4.69) is 0 Å². The number of methoxy groups -OCH3 is 1. The Hall–Kier alpha value is -2.89. The van der Waals surface area contributed by atoms with Crippen molar-refractivity contribution in [3.63, 3.8) is 0 Å². The fourth-order valence-electron chi connectivity index (χ4n) is 2.61. The van der Waals surface area contributed by atoms with Gasteiger partial charge in [0.2, 0.25) is 0 Å². The largest absolute Gasteiger partial charge is 0.497 e. The Morgan fingerprint density at radius 3 is 2.26 bits per heavy atom. The second-order valence-electron chi connectivity index (χ2n) is 5.95. The molecule has 0 aliphatic carbocycles. The Kier molecular flexibility index (Phi) is 7.79. The van der Waals surface area contributed by atoms with Gasteiger partial charge in [0, 0.05) is 18.7 Å². The van der Waals surface area contributed by atoms with Crippen molar-refractivity contribution in [2.24, 2.45) is 0 Å². The molecule has 0 saturated carbocycles. The van der Waals surface area contributed by atoms with Gasteiger partial charge in [-0.3, -0.25) is 9.59 Å². The standard InChI is InChI=1S/C21H24FNO4/c1-3-27-20(24)13-15-23(21(25)17-6-8-18(22)9-7-17)14-12-16-4-10-19(26-2)11-5-16/h4-11H,3,12-15H2,1-2H3. The maximum Gasteiger partial charge on any atom is 0.307 e. The third-order valence-electron chi connectivity index (χ3n) is 4.10. The second-order valence-corrected chi connectivity index (χ2v) is 5.95. The van der Waals surface area contributed by atoms with Gasteiger partial charge in [-0.2, -0.15) is 0 Å². The van der Waals surface area contributed by atoms with E-state index in [0.29, 0.717) is 25.1 Å². The number of ether oxygens (including phenoxy) is 2. The molecule has 2 aromatic rings. The molecule has 0 bridgehead atoms. The first-order valence-corrected chi connectivity index (χ1v) is 8.87. The molecule has 6 heteroatoms. The van der Waals surface area contributed by atoms with E-state index in [4.69, 9.17) is 9.47 Å². The summed E-state index contributed by atoms with van der Waals surface area (Å²) in [5.74, 6) is -0.227. The van der Waals surface area contributed by atoms with Crippen molar-refractivity contribution in [3.8, 4) is 5.75 Å². The van der Waals surface area contributed by atoms with Crippen molar-refractivity contribution in [1.29, 1.82) is 0 Å². The van der Waals surface area contributed by atoms with Crippen molar-refractivity contribution < 1.29 is 23.5 Å². The van der Waals surface area contributed by atoms with Crippen LogP contribution in [0.5, 0.6) is 5.75 Å². The molecule has 0 atom stereocenters. The summed E-state index contributed by atoms with van der Waals surface area (Å²) in [6.07, 6.45) is 0.739. The predicted molar refractivity (Wildman–Crippen MR) is 100 cm³/mol. The number of nitrogens with zero attached hydrogens (tertiary/aromatic N) is 1. The summed E-state index contributed by atoms with van der Waals surface area (Å²) in [4.78, 5) is 26.0. The third-order valence-corrected chi connectivity index (χ3v) is 4.10. The molecule has 5 nitrogen and oxygen atoms in total. The molecule has 0 unspecified atom stereocenters. The molecule has 2 rings (SSSR count). The van der Waals surface area contributed by atoms with Crippen molar-refractivity contribution >= 4 is 11.9 Å². The first kappa shape index (κ1) is 20.4. The second kappa shape index (κ2) is 10.3. The van der Waals surface area contributed by atoms with E-state index in [-0.39, 0.29) is 24.8 Å². The molecule has 0 heterocycles. The first-order chi connectivity index (χ1) is 13.0. The van der Waals surface area contributed by atoms with Crippen LogP contribution >= 0.6 is 0 Å². The lowest BCUT2D eigenvalue weighted by atomic mass is 10.1. The molecule has 0 spiro atoms. The molecule has 0 aromatic heterocycles. The summed E-state index contributed by atoms with van der Waals surface area (Å²) < 4.78 is 23.2. The van der Waals surface area contributed by atoms with Crippen LogP contribution in [0.25, 0.3) is 0 Å². The number of halogens is 1. The molecule has 144 valence electrons. The van der Waals surface area contributed by atoms with Crippen LogP contribution in [-0.4, -0.2) is 43.6 Å². The maximum absolute atomic E-state index is 13.1. The van der Waals surface area contributed by atoms with Gasteiger partial charge < -0.3 is 14.4 Å². The maximum atomic E-state index is 13.1. The molecule has 0 N–H and O–H groups in total. The van der Waals surface area contributed by atoms with Gasteiger partial charge in [-0.05, 0) is 55.3 Å². The summed E-state index contributed by atoms with van der Waals surface area (Å²) in [6, 6.07) is 13.0. The number of hydrogen-bond acceptors (Lipinski definition) is 4. The summed E-state index contributed by atoms with van der Waals surface area (Å²) >= 11 is 0. The number of amides is 1. The average molecular weight is 373 g/mol. The fourth-order valence-corrected chi connectivity index (χ4v) is 2.61. The zero-order chi connectivity index (χ0) is 19.6. The van der Waals surface area contributed by atoms with E-state index < -0.39 is 5.82 Å².